The zero-order valence-corrected chi connectivity index (χ0v) is 46.0. The average Bonchev–Trinajstić information content (AvgIpc) is 4.11. The van der Waals surface area contributed by atoms with Crippen molar-refractivity contribution in [3.63, 3.8) is 0 Å². The zero-order chi connectivity index (χ0) is 57.8. The number of aromatic amines is 1. The molecule has 11 amide bonds. The van der Waals surface area contributed by atoms with E-state index in [1.165, 1.54) is 23.6 Å². The van der Waals surface area contributed by atoms with Crippen LogP contribution in [-0.4, -0.2) is 204 Å². The van der Waals surface area contributed by atoms with Crippen LogP contribution in [0.3, 0.4) is 0 Å². The lowest BCUT2D eigenvalue weighted by Gasteiger charge is -2.32. The standard InChI is InChI=1S/C50H71N11O16S2/c1-5-24(2)41-46(72)53-19-38(66)54-33-23-79(76)48-29(28-11-10-27(15-30(28)57-48)77-13-9-7-6-8-12-60-40(68)18-36(78-4)50(60)75)16-31(43(69)52-20-39(67)58-41)55-47(73)42(25(3)35(64)22-62)59-45(71)34-14-26(63)21-61(34)49(74)32(17-37(51)65)56-44(33)70/h10-11,15,24-26,31-36,41-42,57,62-64H,5-9,12-14,16-23H2,1-4H3,(H2,51,65)(H,52,69)(H,53,72)(H,54,66)(H,55,73)(H,56,70)(H,58,67)(H,59,71)/t24-,25-,26+,31-,32-,33-,34-,35-,36?,41-,42-,79?/m0/s1. The number of carbonyl (C=O) groups excluding carboxylic acids is 11. The molecule has 2 fully saturated rings. The van der Waals surface area contributed by atoms with Crippen molar-refractivity contribution in [2.75, 3.05) is 51.4 Å². The Morgan fingerprint density at radius 3 is 2.20 bits per heavy atom. The minimum atomic E-state index is -2.41. The van der Waals surface area contributed by atoms with Crippen LogP contribution < -0.4 is 47.7 Å². The molecule has 2 aromatic rings. The van der Waals surface area contributed by atoms with Gasteiger partial charge in [-0.05, 0) is 42.7 Å². The number of nitrogens with zero attached hydrogens (tertiary/aromatic N) is 2. The fraction of sp³-hybridized carbons (Fsp3) is 0.620. The summed E-state index contributed by atoms with van der Waals surface area (Å²) in [5, 5.41) is 48.9. The number of ether oxygens (including phenoxy) is 1. The lowest BCUT2D eigenvalue weighted by Crippen LogP contribution is -2.62. The fourth-order valence-corrected chi connectivity index (χ4v) is 11.8. The first-order chi connectivity index (χ1) is 37.5. The Balaban J connectivity index is 1.42. The van der Waals surface area contributed by atoms with Crippen LogP contribution in [0.5, 0.6) is 5.75 Å². The van der Waals surface area contributed by atoms with Gasteiger partial charge in [-0.3, -0.25) is 61.8 Å². The second-order valence-electron chi connectivity index (χ2n) is 20.2. The molecule has 1 aromatic carbocycles. The molecule has 6 rings (SSSR count). The van der Waals surface area contributed by atoms with Gasteiger partial charge in [-0.1, -0.05) is 40.0 Å². The van der Waals surface area contributed by atoms with Gasteiger partial charge in [0.1, 0.15) is 47.0 Å². The molecular formula is C50H71N11O16S2. The number of hydrogen-bond acceptors (Lipinski definition) is 17. The summed E-state index contributed by atoms with van der Waals surface area (Å²) in [7, 11) is -2.41. The Morgan fingerprint density at radius 2 is 1.53 bits per heavy atom. The molecule has 0 saturated carbocycles. The normalized spacial score (nSPS) is 27.4. The Kier molecular flexibility index (Phi) is 21.8. The maximum atomic E-state index is 15.0. The molecule has 1 aromatic heterocycles. The van der Waals surface area contributed by atoms with Crippen molar-refractivity contribution in [3.05, 3.63) is 23.8 Å². The zero-order valence-electron chi connectivity index (χ0n) is 44.3. The maximum absolute atomic E-state index is 15.0. The molecule has 4 aliphatic rings. The number of nitrogens with one attached hydrogen (secondary N) is 8. The summed E-state index contributed by atoms with van der Waals surface area (Å²) >= 11 is 1.35. The van der Waals surface area contributed by atoms with E-state index in [2.05, 4.69) is 42.2 Å². The van der Waals surface area contributed by atoms with E-state index in [9.17, 15) is 68.1 Å². The highest BCUT2D eigenvalue weighted by atomic mass is 32.2. The topological polar surface area (TPSA) is 407 Å². The Hall–Kier alpha value is -6.69. The van der Waals surface area contributed by atoms with Crippen LogP contribution >= 0.6 is 11.8 Å². The lowest BCUT2D eigenvalue weighted by atomic mass is 9.93. The monoisotopic (exact) mass is 1150 g/mol. The molecule has 2 bridgehead atoms. The van der Waals surface area contributed by atoms with Crippen LogP contribution in [0.15, 0.2) is 23.2 Å². The summed E-state index contributed by atoms with van der Waals surface area (Å²) < 4.78 is 21.1. The number of rotatable bonds is 16. The van der Waals surface area contributed by atoms with E-state index in [0.717, 1.165) is 4.90 Å². The van der Waals surface area contributed by atoms with Crippen LogP contribution in [0, 0.1) is 11.8 Å². The summed E-state index contributed by atoms with van der Waals surface area (Å²) in [6.07, 6.45) is 0.107. The summed E-state index contributed by atoms with van der Waals surface area (Å²) in [6.45, 7) is 2.30. The number of benzene rings is 1. The van der Waals surface area contributed by atoms with Crippen LogP contribution in [0.4, 0.5) is 0 Å². The number of fused-ring (bicyclic) bond motifs is 5. The molecule has 2 saturated heterocycles. The molecule has 2 unspecified atom stereocenters. The van der Waals surface area contributed by atoms with Crippen molar-refractivity contribution in [2.24, 2.45) is 17.6 Å². The van der Waals surface area contributed by atoms with Crippen molar-refractivity contribution in [3.8, 4) is 5.75 Å². The highest BCUT2D eigenvalue weighted by Crippen LogP contribution is 2.31. The molecule has 4 aliphatic heterocycles. The number of unbranched alkanes of at least 4 members (excludes halogenated alkanes) is 3. The molecule has 13 N–H and O–H groups in total. The number of likely N-dealkylation sites (tertiary alicyclic amines) is 1. The highest BCUT2D eigenvalue weighted by molar-refractivity contribution is 8.00. The van der Waals surface area contributed by atoms with Gasteiger partial charge in [-0.25, -0.2) is 0 Å². The summed E-state index contributed by atoms with van der Waals surface area (Å²) in [5.41, 5.74) is 5.95. The van der Waals surface area contributed by atoms with E-state index in [1.54, 1.807) is 38.3 Å². The number of imide groups is 1. The first-order valence-corrected chi connectivity index (χ1v) is 28.8. The number of thioether (sulfide) groups is 1. The summed E-state index contributed by atoms with van der Waals surface area (Å²) in [5.74, 6) is -11.9. The molecule has 29 heteroatoms. The minimum Gasteiger partial charge on any atom is -0.494 e. The second-order valence-corrected chi connectivity index (χ2v) is 22.7. The molecule has 5 heterocycles. The Morgan fingerprint density at radius 1 is 0.835 bits per heavy atom. The summed E-state index contributed by atoms with van der Waals surface area (Å²) in [4.78, 5) is 156. The van der Waals surface area contributed by atoms with Crippen molar-refractivity contribution in [1.82, 2.24) is 52.0 Å². The molecule has 12 atom stereocenters. The number of aliphatic hydroxyl groups is 3. The molecule has 27 nitrogen and oxygen atoms in total. The van der Waals surface area contributed by atoms with Gasteiger partial charge in [-0.15, -0.1) is 0 Å². The van der Waals surface area contributed by atoms with Crippen molar-refractivity contribution < 1.29 is 77.0 Å². The van der Waals surface area contributed by atoms with E-state index >= 15 is 4.21 Å². The number of H-pyrrole nitrogens is 1. The minimum absolute atomic E-state index is 0.113. The van der Waals surface area contributed by atoms with Gasteiger partial charge >= 0.3 is 0 Å². The van der Waals surface area contributed by atoms with E-state index in [4.69, 9.17) is 10.5 Å². The first-order valence-electron chi connectivity index (χ1n) is 26.2. The third-order valence-electron chi connectivity index (χ3n) is 14.6. The van der Waals surface area contributed by atoms with E-state index in [1.807, 2.05) is 0 Å². The third-order valence-corrected chi connectivity index (χ3v) is 16.9. The number of hydrogen-bond donors (Lipinski definition) is 12. The van der Waals surface area contributed by atoms with Crippen molar-refractivity contribution >= 4 is 98.4 Å². The largest absolute Gasteiger partial charge is 0.494 e. The van der Waals surface area contributed by atoms with E-state index < -0.39 is 176 Å². The number of amides is 11. The predicted octanol–water partition coefficient (Wildman–Crippen LogP) is -4.20. The average molecular weight is 1150 g/mol. The van der Waals surface area contributed by atoms with Crippen LogP contribution in [0.25, 0.3) is 10.9 Å². The van der Waals surface area contributed by atoms with Crippen LogP contribution in [-0.2, 0) is 70.0 Å². The molecule has 79 heavy (non-hydrogen) atoms. The fourth-order valence-electron chi connectivity index (χ4n) is 9.77. The Bertz CT molecular complexity index is 2690. The van der Waals surface area contributed by atoms with Gasteiger partial charge in [0, 0.05) is 49.7 Å². The lowest BCUT2D eigenvalue weighted by molar-refractivity contribution is -0.144. The number of aromatic nitrogens is 1. The van der Waals surface area contributed by atoms with Gasteiger partial charge in [0.2, 0.25) is 65.0 Å². The molecule has 0 spiro atoms. The van der Waals surface area contributed by atoms with Crippen molar-refractivity contribution in [1.29, 1.82) is 0 Å². The quantitative estimate of drug-likeness (QED) is 0.0560. The maximum Gasteiger partial charge on any atom is 0.246 e. The van der Waals surface area contributed by atoms with Gasteiger partial charge in [-0.2, -0.15) is 11.8 Å². The SMILES string of the molecule is CC[C@H](C)[C@@H]1NC(=O)CNC(=O)[C@@H]2Cc3c([nH]c4cc(OCCCCCCN5C(=O)CC(SC)C5=O)ccc34)S(=O)C[C@H](NC(=O)CNC1=O)C(=O)N[C@@H](CC(N)=O)C(=O)N1C[C@H](O)C[C@H]1C(=O)N[C@@H]([C@@H](C)[C@@H](O)CO)C(=O)N2. The molecule has 434 valence electrons. The van der Waals surface area contributed by atoms with Gasteiger partial charge in [0.15, 0.2) is 0 Å². The van der Waals surface area contributed by atoms with Gasteiger partial charge in [0.05, 0.1) is 72.3 Å². The van der Waals surface area contributed by atoms with Crippen LogP contribution in [0.2, 0.25) is 0 Å². The second kappa shape index (κ2) is 27.9. The molecule has 0 aliphatic carbocycles. The van der Waals surface area contributed by atoms with E-state index in [0.29, 0.717) is 49.8 Å². The van der Waals surface area contributed by atoms with Crippen molar-refractivity contribution in [2.45, 2.75) is 137 Å². The van der Waals surface area contributed by atoms with Gasteiger partial charge in [0.25, 0.3) is 0 Å². The number of carbonyl (C=O) groups is 11. The molecule has 0 radical (unpaired) electrons. The van der Waals surface area contributed by atoms with E-state index in [-0.39, 0.29) is 46.2 Å². The number of primary amides is 1. The number of nitrogens with two attached hydrogens (primary N) is 1. The summed E-state index contributed by atoms with van der Waals surface area (Å²) in [6, 6.07) is -5.30. The van der Waals surface area contributed by atoms with Crippen LogP contribution in [0.1, 0.15) is 77.7 Å². The number of aliphatic hydroxyl groups excluding tert-OH is 3. The third kappa shape index (κ3) is 15.6. The van der Waals surface area contributed by atoms with Gasteiger partial charge < -0.3 is 72.9 Å². The Labute approximate surface area is 461 Å². The smallest absolute Gasteiger partial charge is 0.246 e. The first kappa shape index (κ1) is 61.5. The predicted molar refractivity (Wildman–Crippen MR) is 283 cm³/mol. The molecular weight excluding hydrogens is 1070 g/mol. The highest BCUT2D eigenvalue weighted by Gasteiger charge is 2.45.